The van der Waals surface area contributed by atoms with Crippen LogP contribution in [-0.4, -0.2) is 44.1 Å². The number of aromatic nitrogens is 1. The Balaban J connectivity index is 1.80. The molecule has 0 spiro atoms. The number of sulfone groups is 1. The van der Waals surface area contributed by atoms with E-state index in [9.17, 15) is 13.2 Å². The van der Waals surface area contributed by atoms with Crippen molar-refractivity contribution in [2.45, 2.75) is 12.6 Å². The zero-order valence-corrected chi connectivity index (χ0v) is 11.3. The van der Waals surface area contributed by atoms with Crippen LogP contribution in [0.5, 0.6) is 0 Å². The van der Waals surface area contributed by atoms with E-state index in [1.54, 1.807) is 13.3 Å². The first-order chi connectivity index (χ1) is 8.48. The van der Waals surface area contributed by atoms with Crippen LogP contribution in [0.2, 0.25) is 0 Å². The summed E-state index contributed by atoms with van der Waals surface area (Å²) < 4.78 is 26.8. The number of ether oxygens (including phenoxy) is 1. The molecular formula is C9H13N3O4S2. The quantitative estimate of drug-likeness (QED) is 0.826. The minimum atomic E-state index is -2.92. The van der Waals surface area contributed by atoms with Gasteiger partial charge in [-0.15, -0.1) is 0 Å². The minimum Gasteiger partial charge on any atom is -0.379 e. The molecule has 2 rings (SSSR count). The summed E-state index contributed by atoms with van der Waals surface area (Å²) in [6.45, 7) is 0.446. The maximum absolute atomic E-state index is 11.5. The lowest BCUT2D eigenvalue weighted by molar-refractivity contribution is 0.187. The van der Waals surface area contributed by atoms with E-state index >= 15 is 0 Å². The molecule has 0 atom stereocenters. The van der Waals surface area contributed by atoms with Gasteiger partial charge in [0.2, 0.25) is 0 Å². The average Bonchev–Trinajstić information content (AvgIpc) is 2.63. The fourth-order valence-corrected chi connectivity index (χ4v) is 3.62. The van der Waals surface area contributed by atoms with Crippen LogP contribution in [0.25, 0.3) is 0 Å². The molecule has 18 heavy (non-hydrogen) atoms. The van der Waals surface area contributed by atoms with Gasteiger partial charge in [-0.2, -0.15) is 0 Å². The van der Waals surface area contributed by atoms with E-state index in [1.165, 1.54) is 11.3 Å². The number of methoxy groups -OCH3 is 1. The second-order valence-corrected chi connectivity index (χ2v) is 7.21. The molecule has 0 aromatic carbocycles. The van der Waals surface area contributed by atoms with Crippen molar-refractivity contribution < 1.29 is 17.9 Å². The van der Waals surface area contributed by atoms with Crippen molar-refractivity contribution in [2.75, 3.05) is 23.9 Å². The predicted octanol–water partition coefficient (Wildman–Crippen LogP) is 0.208. The molecule has 1 saturated heterocycles. The first kappa shape index (κ1) is 13.2. The SMILES string of the molecule is COCc1cnc(NC(=O)NC2CS(=O)(=O)C2)s1. The van der Waals surface area contributed by atoms with Crippen molar-refractivity contribution in [3.8, 4) is 0 Å². The van der Waals surface area contributed by atoms with Crippen molar-refractivity contribution in [2.24, 2.45) is 0 Å². The maximum atomic E-state index is 11.5. The number of rotatable bonds is 4. The Kier molecular flexibility index (Phi) is 3.83. The van der Waals surface area contributed by atoms with Gasteiger partial charge < -0.3 is 10.1 Å². The van der Waals surface area contributed by atoms with Gasteiger partial charge in [0.05, 0.1) is 29.0 Å². The third-order valence-corrected chi connectivity index (χ3v) is 5.01. The van der Waals surface area contributed by atoms with Gasteiger partial charge in [-0.25, -0.2) is 18.2 Å². The highest BCUT2D eigenvalue weighted by atomic mass is 32.2. The maximum Gasteiger partial charge on any atom is 0.321 e. The van der Waals surface area contributed by atoms with Gasteiger partial charge in [0.15, 0.2) is 15.0 Å². The van der Waals surface area contributed by atoms with Crippen molar-refractivity contribution in [1.82, 2.24) is 10.3 Å². The Morgan fingerprint density at radius 2 is 2.33 bits per heavy atom. The van der Waals surface area contributed by atoms with Gasteiger partial charge in [-0.3, -0.25) is 5.32 Å². The second-order valence-electron chi connectivity index (χ2n) is 3.94. The molecular weight excluding hydrogens is 278 g/mol. The van der Waals surface area contributed by atoms with E-state index in [0.717, 1.165) is 4.88 Å². The summed E-state index contributed by atoms with van der Waals surface area (Å²) in [5.41, 5.74) is 0. The topological polar surface area (TPSA) is 97.4 Å². The minimum absolute atomic E-state index is 0.00716. The van der Waals surface area contributed by atoms with Crippen LogP contribution in [0.4, 0.5) is 9.93 Å². The number of urea groups is 1. The van der Waals surface area contributed by atoms with Crippen LogP contribution < -0.4 is 10.6 Å². The molecule has 100 valence electrons. The number of hydrogen-bond donors (Lipinski definition) is 2. The van der Waals surface area contributed by atoms with Crippen LogP contribution >= 0.6 is 11.3 Å². The summed E-state index contributed by atoms with van der Waals surface area (Å²) >= 11 is 1.31. The van der Waals surface area contributed by atoms with Crippen molar-refractivity contribution in [3.63, 3.8) is 0 Å². The Morgan fingerprint density at radius 3 is 2.94 bits per heavy atom. The highest BCUT2D eigenvalue weighted by Crippen LogP contribution is 2.18. The molecule has 2 N–H and O–H groups in total. The molecule has 2 heterocycles. The third-order valence-electron chi connectivity index (χ3n) is 2.31. The van der Waals surface area contributed by atoms with E-state index in [1.807, 2.05) is 0 Å². The molecule has 1 aliphatic heterocycles. The molecule has 0 radical (unpaired) electrons. The summed E-state index contributed by atoms with van der Waals surface area (Å²) in [4.78, 5) is 16.4. The largest absolute Gasteiger partial charge is 0.379 e. The van der Waals surface area contributed by atoms with E-state index in [-0.39, 0.29) is 17.5 Å². The summed E-state index contributed by atoms with van der Waals surface area (Å²) in [7, 11) is -1.34. The van der Waals surface area contributed by atoms with Crippen molar-refractivity contribution >= 4 is 32.3 Å². The number of carbonyl (C=O) groups is 1. The Labute approximate surface area is 108 Å². The molecule has 0 unspecified atom stereocenters. The first-order valence-corrected chi connectivity index (χ1v) is 7.84. The molecule has 1 aliphatic rings. The van der Waals surface area contributed by atoms with E-state index in [2.05, 4.69) is 15.6 Å². The van der Waals surface area contributed by atoms with E-state index in [4.69, 9.17) is 4.74 Å². The molecule has 1 aromatic heterocycles. The normalized spacial score (nSPS) is 18.1. The number of nitrogens with one attached hydrogen (secondary N) is 2. The Bertz CT molecular complexity index is 528. The zero-order chi connectivity index (χ0) is 13.2. The fraction of sp³-hybridized carbons (Fsp3) is 0.556. The Hall–Kier alpha value is -1.19. The van der Waals surface area contributed by atoms with Gasteiger partial charge in [-0.05, 0) is 0 Å². The van der Waals surface area contributed by atoms with E-state index < -0.39 is 15.9 Å². The second kappa shape index (κ2) is 5.21. The average molecular weight is 291 g/mol. The van der Waals surface area contributed by atoms with Crippen LogP contribution in [0.3, 0.4) is 0 Å². The van der Waals surface area contributed by atoms with Crippen molar-refractivity contribution in [1.29, 1.82) is 0 Å². The van der Waals surface area contributed by atoms with Gasteiger partial charge in [0.25, 0.3) is 0 Å². The molecule has 2 amide bonds. The third kappa shape index (κ3) is 3.40. The molecule has 9 heteroatoms. The van der Waals surface area contributed by atoms with Crippen LogP contribution in [0.1, 0.15) is 4.88 Å². The number of carbonyl (C=O) groups excluding carboxylic acids is 1. The van der Waals surface area contributed by atoms with Gasteiger partial charge >= 0.3 is 6.03 Å². The highest BCUT2D eigenvalue weighted by Gasteiger charge is 2.34. The van der Waals surface area contributed by atoms with Gasteiger partial charge in [-0.1, -0.05) is 11.3 Å². The number of hydrogen-bond acceptors (Lipinski definition) is 6. The molecule has 1 aromatic rings. The van der Waals surface area contributed by atoms with Crippen LogP contribution in [0, 0.1) is 0 Å². The molecule has 0 saturated carbocycles. The van der Waals surface area contributed by atoms with E-state index in [0.29, 0.717) is 11.7 Å². The molecule has 0 bridgehead atoms. The summed E-state index contributed by atoms with van der Waals surface area (Å²) in [5.74, 6) is 0.0143. The van der Waals surface area contributed by atoms with Crippen LogP contribution in [0.15, 0.2) is 6.20 Å². The molecule has 1 fully saturated rings. The number of amides is 2. The lowest BCUT2D eigenvalue weighted by Crippen LogP contribution is -2.53. The van der Waals surface area contributed by atoms with Gasteiger partial charge in [0.1, 0.15) is 0 Å². The zero-order valence-electron chi connectivity index (χ0n) is 9.67. The lowest BCUT2D eigenvalue weighted by atomic mass is 10.4. The fourth-order valence-electron chi connectivity index (χ4n) is 1.54. The molecule has 7 nitrogen and oxygen atoms in total. The van der Waals surface area contributed by atoms with Crippen LogP contribution in [-0.2, 0) is 21.2 Å². The smallest absolute Gasteiger partial charge is 0.321 e. The van der Waals surface area contributed by atoms with Crippen molar-refractivity contribution in [3.05, 3.63) is 11.1 Å². The summed E-state index contributed by atoms with van der Waals surface area (Å²) in [6, 6.07) is -0.735. The summed E-state index contributed by atoms with van der Waals surface area (Å²) in [5, 5.41) is 5.58. The number of thiazole rings is 1. The number of nitrogens with zero attached hydrogens (tertiary/aromatic N) is 1. The highest BCUT2D eigenvalue weighted by molar-refractivity contribution is 7.92. The number of anilines is 1. The Morgan fingerprint density at radius 1 is 1.61 bits per heavy atom. The standard InChI is InChI=1S/C9H13N3O4S2/c1-16-3-7-2-10-9(17-7)12-8(13)11-6-4-18(14,15)5-6/h2,6H,3-5H2,1H3,(H2,10,11,12,13). The lowest BCUT2D eigenvalue weighted by Gasteiger charge is -2.26. The van der Waals surface area contributed by atoms with Gasteiger partial charge in [0, 0.05) is 13.3 Å². The monoisotopic (exact) mass is 291 g/mol. The first-order valence-electron chi connectivity index (χ1n) is 5.20. The predicted molar refractivity (Wildman–Crippen MR) is 67.4 cm³/mol. The molecule has 0 aliphatic carbocycles. The summed E-state index contributed by atoms with van der Waals surface area (Å²) in [6.07, 6.45) is 1.62.